The number of rotatable bonds is 4. The molecule has 0 amide bonds. The highest BCUT2D eigenvalue weighted by Crippen LogP contribution is 2.29. The molecule has 0 saturated carbocycles. The Kier molecular flexibility index (Phi) is 3.79. The molecule has 0 saturated heterocycles. The second-order valence-electron chi connectivity index (χ2n) is 4.85. The van der Waals surface area contributed by atoms with Gasteiger partial charge in [-0.3, -0.25) is 0 Å². The molecule has 2 rings (SSSR count). The minimum absolute atomic E-state index is 0.151. The van der Waals surface area contributed by atoms with Crippen LogP contribution < -0.4 is 4.74 Å². The number of fused-ring (bicyclic) bond motifs is 1. The van der Waals surface area contributed by atoms with E-state index in [0.29, 0.717) is 0 Å². The molecule has 1 N–H and O–H groups in total. The predicted octanol–water partition coefficient (Wildman–Crippen LogP) is 3.60. The van der Waals surface area contributed by atoms with Crippen molar-refractivity contribution in [2.24, 2.45) is 0 Å². The third-order valence-electron chi connectivity index (χ3n) is 3.07. The molecule has 2 aromatic carbocycles. The van der Waals surface area contributed by atoms with Crippen LogP contribution >= 0.6 is 11.6 Å². The Hall–Kier alpha value is -1.25. The maximum Gasteiger partial charge on any atom is 0.130 e. The molecular weight excluding hydrogens is 248 g/mol. The lowest BCUT2D eigenvalue weighted by molar-refractivity contribution is -0.0146. The molecule has 0 aromatic heterocycles. The summed E-state index contributed by atoms with van der Waals surface area (Å²) in [5.74, 6) is 0.917. The molecule has 18 heavy (non-hydrogen) atoms. The molecule has 1 atom stereocenters. The van der Waals surface area contributed by atoms with Crippen molar-refractivity contribution in [3.8, 4) is 5.75 Å². The van der Waals surface area contributed by atoms with E-state index in [9.17, 15) is 5.11 Å². The molecule has 0 radical (unpaired) electrons. The normalized spacial score (nSPS) is 13.6. The van der Waals surface area contributed by atoms with Gasteiger partial charge in [0.25, 0.3) is 0 Å². The zero-order chi connectivity index (χ0) is 13.2. The topological polar surface area (TPSA) is 29.5 Å². The molecule has 1 unspecified atom stereocenters. The average Bonchev–Trinajstić information content (AvgIpc) is 2.38. The fraction of sp³-hybridized carbons (Fsp3) is 0.333. The maximum absolute atomic E-state index is 9.86. The SMILES string of the molecule is CC(C)(Oc1cccc2ccccc12)C(O)CCl. The highest BCUT2D eigenvalue weighted by atomic mass is 35.5. The van der Waals surface area contributed by atoms with Gasteiger partial charge in [0.05, 0.1) is 5.88 Å². The van der Waals surface area contributed by atoms with E-state index in [1.165, 1.54) is 0 Å². The number of aliphatic hydroxyl groups excluding tert-OH is 1. The number of ether oxygens (including phenoxy) is 1. The van der Waals surface area contributed by atoms with Gasteiger partial charge in [0.1, 0.15) is 17.5 Å². The standard InChI is InChI=1S/C15H17ClO2/c1-15(2,14(17)10-16)18-13-9-5-7-11-6-3-4-8-12(11)13/h3-9,14,17H,10H2,1-2H3. The van der Waals surface area contributed by atoms with Gasteiger partial charge in [-0.2, -0.15) is 0 Å². The zero-order valence-electron chi connectivity index (χ0n) is 10.6. The summed E-state index contributed by atoms with van der Waals surface area (Å²) in [5.41, 5.74) is -0.716. The van der Waals surface area contributed by atoms with E-state index < -0.39 is 11.7 Å². The van der Waals surface area contributed by atoms with Crippen LogP contribution in [0.2, 0.25) is 0 Å². The zero-order valence-corrected chi connectivity index (χ0v) is 11.3. The highest BCUT2D eigenvalue weighted by molar-refractivity contribution is 6.18. The molecule has 0 aliphatic heterocycles. The van der Waals surface area contributed by atoms with Gasteiger partial charge in [0.2, 0.25) is 0 Å². The molecule has 0 fully saturated rings. The van der Waals surface area contributed by atoms with E-state index in [1.807, 2.05) is 56.3 Å². The number of benzene rings is 2. The smallest absolute Gasteiger partial charge is 0.130 e. The fourth-order valence-electron chi connectivity index (χ4n) is 1.82. The Labute approximate surface area is 112 Å². The van der Waals surface area contributed by atoms with E-state index in [1.54, 1.807) is 0 Å². The molecule has 0 bridgehead atoms. The first kappa shape index (κ1) is 13.2. The third kappa shape index (κ3) is 2.60. The lowest BCUT2D eigenvalue weighted by atomic mass is 10.0. The molecule has 0 aliphatic rings. The summed E-state index contributed by atoms with van der Waals surface area (Å²) in [6.07, 6.45) is -0.710. The van der Waals surface area contributed by atoms with Crippen LogP contribution in [0.15, 0.2) is 42.5 Å². The Morgan fingerprint density at radius 2 is 1.83 bits per heavy atom. The largest absolute Gasteiger partial charge is 0.484 e. The van der Waals surface area contributed by atoms with Crippen LogP contribution in [0.25, 0.3) is 10.8 Å². The van der Waals surface area contributed by atoms with Crippen molar-refractivity contribution in [3.63, 3.8) is 0 Å². The fourth-order valence-corrected chi connectivity index (χ4v) is 2.19. The van der Waals surface area contributed by atoms with E-state index in [4.69, 9.17) is 16.3 Å². The lowest BCUT2D eigenvalue weighted by Gasteiger charge is -2.30. The van der Waals surface area contributed by atoms with E-state index >= 15 is 0 Å². The Morgan fingerprint density at radius 3 is 2.56 bits per heavy atom. The van der Waals surface area contributed by atoms with Gasteiger partial charge in [-0.25, -0.2) is 0 Å². The van der Waals surface area contributed by atoms with Crippen molar-refractivity contribution < 1.29 is 9.84 Å². The van der Waals surface area contributed by atoms with E-state index in [2.05, 4.69) is 0 Å². The summed E-state index contributed by atoms with van der Waals surface area (Å²) >= 11 is 5.69. The lowest BCUT2D eigenvalue weighted by Crippen LogP contribution is -2.43. The number of hydrogen-bond donors (Lipinski definition) is 1. The summed E-state index contributed by atoms with van der Waals surface area (Å²) in [6.45, 7) is 3.67. The Balaban J connectivity index is 2.38. The van der Waals surface area contributed by atoms with Gasteiger partial charge in [-0.05, 0) is 25.3 Å². The number of alkyl halides is 1. The minimum Gasteiger partial charge on any atom is -0.484 e. The summed E-state index contributed by atoms with van der Waals surface area (Å²) < 4.78 is 5.93. The Morgan fingerprint density at radius 1 is 1.17 bits per heavy atom. The van der Waals surface area contributed by atoms with Gasteiger partial charge in [0.15, 0.2) is 0 Å². The van der Waals surface area contributed by atoms with Crippen LogP contribution in [0, 0.1) is 0 Å². The van der Waals surface area contributed by atoms with Crippen molar-refractivity contribution in [1.82, 2.24) is 0 Å². The van der Waals surface area contributed by atoms with Crippen LogP contribution in [-0.2, 0) is 0 Å². The van der Waals surface area contributed by atoms with Crippen LogP contribution in [0.5, 0.6) is 5.75 Å². The molecular formula is C15H17ClO2. The van der Waals surface area contributed by atoms with Gasteiger partial charge in [-0.15, -0.1) is 11.6 Å². The van der Waals surface area contributed by atoms with Crippen LogP contribution in [0.3, 0.4) is 0 Å². The summed E-state index contributed by atoms with van der Waals surface area (Å²) in [5, 5.41) is 12.0. The Bertz CT molecular complexity index is 532. The van der Waals surface area contributed by atoms with Crippen LogP contribution in [-0.4, -0.2) is 22.7 Å². The second kappa shape index (κ2) is 5.17. The van der Waals surface area contributed by atoms with Crippen molar-refractivity contribution in [1.29, 1.82) is 0 Å². The van der Waals surface area contributed by atoms with Gasteiger partial charge in [0, 0.05) is 5.39 Å². The van der Waals surface area contributed by atoms with Crippen LogP contribution in [0.4, 0.5) is 0 Å². The maximum atomic E-state index is 9.86. The summed E-state index contributed by atoms with van der Waals surface area (Å²) in [7, 11) is 0. The highest BCUT2D eigenvalue weighted by Gasteiger charge is 2.29. The molecule has 2 nitrogen and oxygen atoms in total. The monoisotopic (exact) mass is 264 g/mol. The van der Waals surface area contributed by atoms with Crippen molar-refractivity contribution >= 4 is 22.4 Å². The molecule has 0 heterocycles. The van der Waals surface area contributed by atoms with Crippen molar-refractivity contribution in [3.05, 3.63) is 42.5 Å². The quantitative estimate of drug-likeness (QED) is 0.855. The van der Waals surface area contributed by atoms with Gasteiger partial charge < -0.3 is 9.84 Å². The van der Waals surface area contributed by atoms with Gasteiger partial charge in [-0.1, -0.05) is 36.4 Å². The first-order valence-corrected chi connectivity index (χ1v) is 6.49. The summed E-state index contributed by atoms with van der Waals surface area (Å²) in [6, 6.07) is 13.9. The predicted molar refractivity (Wildman–Crippen MR) is 75.4 cm³/mol. The number of halogens is 1. The van der Waals surface area contributed by atoms with E-state index in [0.717, 1.165) is 16.5 Å². The number of hydrogen-bond acceptors (Lipinski definition) is 2. The summed E-state index contributed by atoms with van der Waals surface area (Å²) in [4.78, 5) is 0. The van der Waals surface area contributed by atoms with Crippen LogP contribution in [0.1, 0.15) is 13.8 Å². The van der Waals surface area contributed by atoms with Crippen molar-refractivity contribution in [2.45, 2.75) is 25.6 Å². The first-order valence-electron chi connectivity index (χ1n) is 5.95. The molecule has 96 valence electrons. The second-order valence-corrected chi connectivity index (χ2v) is 5.16. The molecule has 2 aromatic rings. The minimum atomic E-state index is -0.716. The number of aliphatic hydroxyl groups is 1. The third-order valence-corrected chi connectivity index (χ3v) is 3.36. The average molecular weight is 265 g/mol. The van der Waals surface area contributed by atoms with Crippen molar-refractivity contribution in [2.75, 3.05) is 5.88 Å². The molecule has 0 spiro atoms. The molecule has 0 aliphatic carbocycles. The molecule has 3 heteroatoms. The first-order chi connectivity index (χ1) is 8.54. The van der Waals surface area contributed by atoms with E-state index in [-0.39, 0.29) is 5.88 Å². The van der Waals surface area contributed by atoms with Gasteiger partial charge >= 0.3 is 0 Å².